The predicted molar refractivity (Wildman–Crippen MR) is 118 cm³/mol. The van der Waals surface area contributed by atoms with Crippen molar-refractivity contribution >= 4 is 26.5 Å². The molecule has 2 rings (SSSR count). The molecule has 0 aromatic heterocycles. The first kappa shape index (κ1) is 21.1. The van der Waals surface area contributed by atoms with E-state index in [1.165, 1.54) is 21.2 Å². The first-order valence-electron chi connectivity index (χ1n) is 9.22. The molecule has 1 N–H and O–H groups in total. The van der Waals surface area contributed by atoms with Gasteiger partial charge in [0.1, 0.15) is 5.75 Å². The Labute approximate surface area is 166 Å². The summed E-state index contributed by atoms with van der Waals surface area (Å²) in [7, 11) is 0.769. The van der Waals surface area contributed by atoms with Crippen molar-refractivity contribution < 1.29 is 5.11 Å². The van der Waals surface area contributed by atoms with Crippen molar-refractivity contribution in [2.24, 2.45) is 0 Å². The number of hydrogen-bond donors (Lipinski definition) is 1. The van der Waals surface area contributed by atoms with Crippen molar-refractivity contribution in [1.29, 1.82) is 0 Å². The molecule has 0 heterocycles. The van der Waals surface area contributed by atoms with Gasteiger partial charge in [0, 0.05) is 4.90 Å². The molecule has 26 heavy (non-hydrogen) atoms. The molecular formula is C23H32OSSi. The maximum atomic E-state index is 9.85. The summed E-state index contributed by atoms with van der Waals surface area (Å²) in [5.74, 6) is 0.391. The second-order valence-corrected chi connectivity index (χ2v) is 11.9. The highest BCUT2D eigenvalue weighted by Gasteiger charge is 2.27. The lowest BCUT2D eigenvalue weighted by atomic mass is 9.75. The van der Waals surface area contributed by atoms with Crippen LogP contribution in [0.25, 0.3) is 0 Å². The van der Waals surface area contributed by atoms with E-state index in [1.54, 1.807) is 0 Å². The van der Waals surface area contributed by atoms with Crippen LogP contribution in [-0.2, 0) is 10.8 Å². The maximum Gasteiger partial charge on any atom is 0.118 e. The molecular weight excluding hydrogens is 352 g/mol. The van der Waals surface area contributed by atoms with Crippen LogP contribution in [0.15, 0.2) is 35.2 Å². The van der Waals surface area contributed by atoms with Crippen LogP contribution >= 0.6 is 11.8 Å². The summed E-state index contributed by atoms with van der Waals surface area (Å²) < 4.78 is 0. The van der Waals surface area contributed by atoms with Crippen molar-refractivity contribution in [2.45, 2.75) is 71.1 Å². The minimum atomic E-state index is 0.141. The van der Waals surface area contributed by atoms with Crippen molar-refractivity contribution in [3.8, 4) is 5.75 Å². The molecule has 2 radical (unpaired) electrons. The summed E-state index contributed by atoms with van der Waals surface area (Å²) in [5, 5.41) is 12.4. The molecule has 0 fully saturated rings. The minimum absolute atomic E-state index is 0.141. The normalized spacial score (nSPS) is 12.5. The second-order valence-electron chi connectivity index (χ2n) is 9.10. The van der Waals surface area contributed by atoms with Crippen LogP contribution in [0.2, 0.25) is 0 Å². The lowest BCUT2D eigenvalue weighted by molar-refractivity contribution is 0.470. The average molecular weight is 385 g/mol. The summed E-state index contributed by atoms with van der Waals surface area (Å²) in [6.07, 6.45) is 0. The fourth-order valence-corrected chi connectivity index (χ4v) is 6.23. The van der Waals surface area contributed by atoms with Crippen LogP contribution in [0.4, 0.5) is 0 Å². The molecule has 0 saturated carbocycles. The van der Waals surface area contributed by atoms with Crippen molar-refractivity contribution in [3.05, 3.63) is 52.6 Å². The Hall–Kier alpha value is -1.19. The smallest absolute Gasteiger partial charge is 0.118 e. The summed E-state index contributed by atoms with van der Waals surface area (Å²) in [4.78, 5) is 1.28. The van der Waals surface area contributed by atoms with Crippen LogP contribution in [-0.4, -0.2) is 20.0 Å². The highest BCUT2D eigenvalue weighted by Crippen LogP contribution is 2.33. The quantitative estimate of drug-likeness (QED) is 0.540. The Balaban J connectivity index is 2.27. The van der Waals surface area contributed by atoms with Crippen molar-refractivity contribution in [3.63, 3.8) is 0 Å². The van der Waals surface area contributed by atoms with E-state index in [2.05, 4.69) is 72.7 Å². The van der Waals surface area contributed by atoms with Crippen LogP contribution in [0.3, 0.4) is 0 Å². The van der Waals surface area contributed by atoms with Gasteiger partial charge >= 0.3 is 0 Å². The van der Waals surface area contributed by atoms with Gasteiger partial charge in [-0.2, -0.15) is 0 Å². The molecule has 0 bridgehead atoms. The van der Waals surface area contributed by atoms with Gasteiger partial charge in [0.05, 0.1) is 9.52 Å². The van der Waals surface area contributed by atoms with Crippen LogP contribution < -0.4 is 5.19 Å². The van der Waals surface area contributed by atoms with Crippen LogP contribution in [0.5, 0.6) is 5.75 Å². The number of phenolic OH excluding ortho intramolecular Hbond substituents is 1. The molecule has 0 saturated heterocycles. The van der Waals surface area contributed by atoms with Gasteiger partial charge in [0.25, 0.3) is 0 Å². The Morgan fingerprint density at radius 2 is 1.58 bits per heavy atom. The number of aryl methyl sites for hydroxylation is 2. The molecule has 0 aliphatic rings. The summed E-state index contributed by atoms with van der Waals surface area (Å²) in [5.41, 5.74) is 5.39. The predicted octanol–water partition coefficient (Wildman–Crippen LogP) is 5.68. The Kier molecular flexibility index (Phi) is 6.35. The summed E-state index contributed by atoms with van der Waals surface area (Å²) in [6, 6.07) is 10.8. The zero-order chi connectivity index (χ0) is 19.7. The van der Waals surface area contributed by atoms with Gasteiger partial charge in [-0.25, -0.2) is 0 Å². The van der Waals surface area contributed by atoms with E-state index in [4.69, 9.17) is 0 Å². The van der Waals surface area contributed by atoms with Gasteiger partial charge in [-0.1, -0.05) is 64.9 Å². The Bertz CT molecular complexity index is 782. The zero-order valence-electron chi connectivity index (χ0n) is 17.4. The zero-order valence-corrected chi connectivity index (χ0v) is 19.3. The monoisotopic (exact) mass is 384 g/mol. The van der Waals surface area contributed by atoms with E-state index < -0.39 is 0 Å². The first-order chi connectivity index (χ1) is 11.9. The third-order valence-corrected chi connectivity index (χ3v) is 7.31. The van der Waals surface area contributed by atoms with E-state index in [9.17, 15) is 5.11 Å². The number of aromatic hydroxyl groups is 1. The molecule has 0 atom stereocenters. The second kappa shape index (κ2) is 7.81. The third-order valence-electron chi connectivity index (χ3n) is 4.61. The Morgan fingerprint density at radius 1 is 0.923 bits per heavy atom. The maximum absolute atomic E-state index is 9.85. The van der Waals surface area contributed by atoms with Gasteiger partial charge in [-0.3, -0.25) is 0 Å². The van der Waals surface area contributed by atoms with Gasteiger partial charge in [0.2, 0.25) is 0 Å². The van der Waals surface area contributed by atoms with Gasteiger partial charge in [-0.15, -0.1) is 11.8 Å². The fourth-order valence-electron chi connectivity index (χ4n) is 3.25. The first-order valence-corrected chi connectivity index (χ1v) is 11.4. The molecule has 0 spiro atoms. The van der Waals surface area contributed by atoms with Crippen molar-refractivity contribution in [2.75, 3.05) is 5.38 Å². The molecule has 2 aromatic rings. The van der Waals surface area contributed by atoms with E-state index in [-0.39, 0.29) is 10.8 Å². The van der Waals surface area contributed by atoms with E-state index >= 15 is 0 Å². The fraction of sp³-hybridized carbons (Fsp3) is 0.478. The molecule has 1 nitrogen and oxygen atoms in total. The van der Waals surface area contributed by atoms with E-state index in [0.717, 1.165) is 26.0 Å². The number of benzene rings is 2. The van der Waals surface area contributed by atoms with E-state index in [1.807, 2.05) is 24.8 Å². The lowest BCUT2D eigenvalue weighted by Crippen LogP contribution is -2.33. The van der Waals surface area contributed by atoms with E-state index in [0.29, 0.717) is 5.75 Å². The summed E-state index contributed by atoms with van der Waals surface area (Å²) in [6.45, 7) is 17.9. The largest absolute Gasteiger partial charge is 0.508 e. The van der Waals surface area contributed by atoms with Crippen molar-refractivity contribution in [1.82, 2.24) is 0 Å². The number of phenols is 1. The average Bonchev–Trinajstić information content (AvgIpc) is 2.50. The molecule has 140 valence electrons. The van der Waals surface area contributed by atoms with Gasteiger partial charge in [-0.05, 0) is 64.4 Å². The lowest BCUT2D eigenvalue weighted by Gasteiger charge is -2.32. The highest BCUT2D eigenvalue weighted by atomic mass is 32.2. The molecule has 0 aliphatic carbocycles. The number of thioether (sulfide) groups is 1. The van der Waals surface area contributed by atoms with Gasteiger partial charge < -0.3 is 5.11 Å². The topological polar surface area (TPSA) is 20.2 Å². The molecule has 2 aromatic carbocycles. The number of rotatable bonds is 4. The molecule has 0 aliphatic heterocycles. The molecule has 3 heteroatoms. The SMILES string of the molecule is Cc1cc(SC[Si]c2cccc(C(C)(C)C)c2C(C)(C)C)c(C)cc1O. The number of hydrogen-bond acceptors (Lipinski definition) is 2. The minimum Gasteiger partial charge on any atom is -0.508 e. The van der Waals surface area contributed by atoms with Crippen LogP contribution in [0, 0.1) is 13.8 Å². The standard InChI is InChI=1S/C23H32OSSi/c1-15-13-19(16(2)12-18(15)24)25-14-26-20-11-9-10-17(22(3,4)5)21(20)23(6,7)8/h9-13,24H,14H2,1-8H3. The molecule has 0 amide bonds. The van der Waals surface area contributed by atoms with Crippen LogP contribution in [0.1, 0.15) is 63.8 Å². The summed E-state index contributed by atoms with van der Waals surface area (Å²) >= 11 is 1.90. The molecule has 0 unspecified atom stereocenters. The third kappa shape index (κ3) is 4.95. The highest BCUT2D eigenvalue weighted by molar-refractivity contribution is 8.00. The van der Waals surface area contributed by atoms with Gasteiger partial charge in [0.15, 0.2) is 0 Å². The Morgan fingerprint density at radius 3 is 2.15 bits per heavy atom.